The smallest absolute Gasteiger partial charge is 0.360 e. The summed E-state index contributed by atoms with van der Waals surface area (Å²) in [5.41, 5.74) is 3.87. The van der Waals surface area contributed by atoms with E-state index in [1.165, 1.54) is 0 Å². The number of fused-ring (bicyclic) bond motifs is 1. The van der Waals surface area contributed by atoms with E-state index in [1.54, 1.807) is 37.4 Å². The average Bonchev–Trinajstić information content (AvgIpc) is 3.16. The van der Waals surface area contributed by atoms with Crippen LogP contribution in [0.3, 0.4) is 0 Å². The maximum atomic E-state index is 11.9. The number of carbonyl (C=O) groups is 1. The van der Waals surface area contributed by atoms with Gasteiger partial charge in [-0.05, 0) is 48.0 Å². The number of hydrogen-bond donors (Lipinski definition) is 1. The largest absolute Gasteiger partial charge is 0.497 e. The lowest BCUT2D eigenvalue weighted by molar-refractivity contribution is 0.0992. The highest BCUT2D eigenvalue weighted by atomic mass is 16.5. The lowest BCUT2D eigenvalue weighted by atomic mass is 10.1. The number of amides is 1. The van der Waals surface area contributed by atoms with Gasteiger partial charge in [0.2, 0.25) is 10.0 Å². The number of ether oxygens (including phenoxy) is 1. The van der Waals surface area contributed by atoms with Gasteiger partial charge in [-0.25, -0.2) is 4.98 Å². The molecule has 0 radical (unpaired) electrons. The number of imidazole rings is 1. The van der Waals surface area contributed by atoms with Crippen LogP contribution in [0, 0.1) is 0 Å². The van der Waals surface area contributed by atoms with Crippen LogP contribution < -0.4 is 9.65 Å². The van der Waals surface area contributed by atoms with Crippen LogP contribution in [0.15, 0.2) is 83.0 Å². The topological polar surface area (TPSA) is 93.8 Å². The molecule has 0 saturated carbocycles. The highest BCUT2D eigenvalue weighted by Crippen LogP contribution is 2.21. The average molecular weight is 384 g/mol. The number of nitrogens with one attached hydrogen (secondary N) is 1. The first kappa shape index (κ1) is 18.3. The molecule has 1 N–H and O–H groups in total. The summed E-state index contributed by atoms with van der Waals surface area (Å²) in [6, 6.07) is 22.1. The number of benzene rings is 3. The van der Waals surface area contributed by atoms with E-state index in [1.807, 2.05) is 42.5 Å². The van der Waals surface area contributed by atoms with E-state index >= 15 is 0 Å². The quantitative estimate of drug-likeness (QED) is 0.402. The van der Waals surface area contributed by atoms with Crippen molar-refractivity contribution in [3.63, 3.8) is 0 Å². The number of rotatable bonds is 5. The van der Waals surface area contributed by atoms with E-state index in [9.17, 15) is 4.79 Å². The van der Waals surface area contributed by atoms with E-state index in [0.717, 1.165) is 28.2 Å². The Balaban J connectivity index is 1.50. The second-order valence-electron chi connectivity index (χ2n) is 6.37. The Bertz CT molecular complexity index is 1210. The first-order valence-corrected chi connectivity index (χ1v) is 9.04. The number of aromatic amines is 1. The predicted octanol–water partition coefficient (Wildman–Crippen LogP) is 4.61. The lowest BCUT2D eigenvalue weighted by Crippen LogP contribution is -1.93. The number of carbonyl (C=O) groups excluding carboxylic acids is 1. The van der Waals surface area contributed by atoms with Crippen LogP contribution >= 0.6 is 0 Å². The summed E-state index contributed by atoms with van der Waals surface area (Å²) in [5.74, 6) is 1.24. The first-order chi connectivity index (χ1) is 14.2. The van der Waals surface area contributed by atoms with Gasteiger partial charge in [0.15, 0.2) is 10.8 Å². The monoisotopic (exact) mass is 384 g/mol. The van der Waals surface area contributed by atoms with Crippen molar-refractivity contribution in [3.05, 3.63) is 89.7 Å². The molecule has 4 rings (SSSR count). The van der Waals surface area contributed by atoms with Crippen LogP contribution in [-0.2, 0) is 6.42 Å². The number of methoxy groups -OCH3 is 1. The maximum absolute atomic E-state index is 11.9. The molecule has 0 saturated heterocycles. The molecule has 29 heavy (non-hydrogen) atoms. The Kier molecular flexibility index (Phi) is 5.23. The summed E-state index contributed by atoms with van der Waals surface area (Å²) in [7, 11) is 1.65. The molecule has 1 aromatic heterocycles. The standard InChI is InChI=1S/C22H17N5O2/c1-29-18-10-7-15(8-11-18)13-21-23-19-12-9-17(14-20(19)24-21)25-27-26-22(28)16-5-3-2-4-6-16/h2-12,14H,13H2,1H3/p+1. The Morgan fingerprint density at radius 3 is 2.62 bits per heavy atom. The van der Waals surface area contributed by atoms with Crippen molar-refractivity contribution < 1.29 is 9.53 Å². The highest BCUT2D eigenvalue weighted by Gasteiger charge is 2.09. The van der Waals surface area contributed by atoms with Crippen molar-refractivity contribution in [1.29, 1.82) is 0 Å². The Hall–Kier alpha value is -4.09. The van der Waals surface area contributed by atoms with Gasteiger partial charge in [-0.15, -0.1) is 0 Å². The Labute approximate surface area is 166 Å². The minimum Gasteiger partial charge on any atom is -0.497 e. The summed E-state index contributed by atoms with van der Waals surface area (Å²) in [6.45, 7) is 0. The summed E-state index contributed by atoms with van der Waals surface area (Å²) in [5, 5.41) is 7.64. The number of hydrogen-bond acceptors (Lipinski definition) is 4. The molecule has 142 valence electrons. The molecule has 0 aliphatic heterocycles. The van der Waals surface area contributed by atoms with E-state index in [2.05, 4.69) is 25.1 Å². The van der Waals surface area contributed by atoms with Crippen LogP contribution in [0.25, 0.3) is 11.0 Å². The van der Waals surface area contributed by atoms with Crippen LogP contribution in [0.5, 0.6) is 5.75 Å². The zero-order chi connectivity index (χ0) is 20.1. The molecule has 3 aromatic carbocycles. The molecule has 0 aliphatic rings. The summed E-state index contributed by atoms with van der Waals surface area (Å²) >= 11 is 0. The normalized spacial score (nSPS) is 10.4. The first-order valence-electron chi connectivity index (χ1n) is 9.04. The molecular weight excluding hydrogens is 366 g/mol. The van der Waals surface area contributed by atoms with Gasteiger partial charge >= 0.3 is 5.91 Å². The molecular formula is C22H18N5O2+. The second kappa shape index (κ2) is 8.29. The van der Waals surface area contributed by atoms with Crippen LogP contribution in [0.4, 0.5) is 5.69 Å². The third-order valence-corrected chi connectivity index (χ3v) is 4.36. The van der Waals surface area contributed by atoms with Crippen molar-refractivity contribution in [2.24, 2.45) is 10.2 Å². The molecule has 7 heteroatoms. The van der Waals surface area contributed by atoms with Gasteiger partial charge < -0.3 is 9.72 Å². The molecule has 0 atom stereocenters. The molecule has 4 aromatic rings. The van der Waals surface area contributed by atoms with E-state index in [-0.39, 0.29) is 0 Å². The van der Waals surface area contributed by atoms with Crippen LogP contribution in [-0.4, -0.2) is 23.0 Å². The van der Waals surface area contributed by atoms with Crippen molar-refractivity contribution in [2.45, 2.75) is 6.42 Å². The van der Waals surface area contributed by atoms with Gasteiger partial charge in [-0.1, -0.05) is 30.3 Å². The van der Waals surface area contributed by atoms with Gasteiger partial charge in [0.25, 0.3) is 0 Å². The molecule has 0 fully saturated rings. The zero-order valence-corrected chi connectivity index (χ0v) is 15.7. The molecule has 7 nitrogen and oxygen atoms in total. The Morgan fingerprint density at radius 2 is 1.86 bits per heavy atom. The summed E-state index contributed by atoms with van der Waals surface area (Å²) in [4.78, 5) is 23.5. The Morgan fingerprint density at radius 1 is 1.07 bits per heavy atom. The number of H-pyrrole nitrogens is 1. The molecule has 0 aliphatic carbocycles. The second-order valence-corrected chi connectivity index (χ2v) is 6.37. The van der Waals surface area contributed by atoms with Gasteiger partial charge in [0.05, 0.1) is 18.1 Å². The fourth-order valence-corrected chi connectivity index (χ4v) is 2.89. The van der Waals surface area contributed by atoms with E-state index in [0.29, 0.717) is 17.7 Å². The summed E-state index contributed by atoms with van der Waals surface area (Å²) < 4.78 is 5.18. The highest BCUT2D eigenvalue weighted by molar-refractivity contribution is 5.94. The van der Waals surface area contributed by atoms with Crippen LogP contribution in [0.2, 0.25) is 0 Å². The van der Waals surface area contributed by atoms with Gasteiger partial charge in [0.1, 0.15) is 11.6 Å². The SMILES string of the molecule is COc1ccc(Cc2nc3ccc(N=[N+]=NC(=O)c4ccccc4)cc3[nH]2)cc1. The van der Waals surface area contributed by atoms with Crippen molar-refractivity contribution in [2.75, 3.05) is 7.11 Å². The minimum atomic E-state index is -0.432. The number of aromatic nitrogens is 2. The van der Waals surface area contributed by atoms with Crippen LogP contribution in [0.1, 0.15) is 21.7 Å². The molecule has 0 bridgehead atoms. The molecule has 0 spiro atoms. The van der Waals surface area contributed by atoms with E-state index < -0.39 is 5.91 Å². The van der Waals surface area contributed by atoms with Crippen molar-refractivity contribution >= 4 is 22.6 Å². The third kappa shape index (κ3) is 4.43. The maximum Gasteiger partial charge on any atom is 0.360 e. The zero-order valence-electron chi connectivity index (χ0n) is 15.7. The summed E-state index contributed by atoms with van der Waals surface area (Å²) in [6.07, 6.45) is 0.677. The van der Waals surface area contributed by atoms with E-state index in [4.69, 9.17) is 4.74 Å². The third-order valence-electron chi connectivity index (χ3n) is 4.36. The van der Waals surface area contributed by atoms with Gasteiger partial charge in [-0.2, -0.15) is 0 Å². The molecule has 1 amide bonds. The lowest BCUT2D eigenvalue weighted by Gasteiger charge is -2.01. The van der Waals surface area contributed by atoms with Gasteiger partial charge in [0, 0.05) is 12.0 Å². The molecule has 1 heterocycles. The number of nitrogens with zero attached hydrogens (tertiary/aromatic N) is 4. The van der Waals surface area contributed by atoms with Gasteiger partial charge in [-0.3, -0.25) is 4.79 Å². The fraction of sp³-hybridized carbons (Fsp3) is 0.0909. The van der Waals surface area contributed by atoms with Crippen molar-refractivity contribution in [1.82, 2.24) is 14.9 Å². The minimum absolute atomic E-state index is 0.432. The predicted molar refractivity (Wildman–Crippen MR) is 109 cm³/mol. The molecule has 0 unspecified atom stereocenters. The van der Waals surface area contributed by atoms with Crippen molar-refractivity contribution in [3.8, 4) is 5.75 Å². The fourth-order valence-electron chi connectivity index (χ4n) is 2.89.